The highest BCUT2D eigenvalue weighted by Crippen LogP contribution is 2.26. The molecule has 0 N–H and O–H groups in total. The Morgan fingerprint density at radius 2 is 2.15 bits per heavy atom. The molecule has 1 aliphatic carbocycles. The number of likely N-dealkylation sites (tertiary alicyclic amines) is 1. The Balaban J connectivity index is 1.81. The lowest BCUT2D eigenvalue weighted by Crippen LogP contribution is -2.43. The molecular formula is C27H36N4O2. The first-order valence-corrected chi connectivity index (χ1v) is 11.9. The zero-order chi connectivity index (χ0) is 24.0. The van der Waals surface area contributed by atoms with Gasteiger partial charge in [-0.25, -0.2) is 0 Å². The summed E-state index contributed by atoms with van der Waals surface area (Å²) in [6, 6.07) is 6.17. The van der Waals surface area contributed by atoms with Gasteiger partial charge in [0.25, 0.3) is 0 Å². The quantitative estimate of drug-likeness (QED) is 0.534. The van der Waals surface area contributed by atoms with Crippen LogP contribution in [-0.2, 0) is 23.2 Å². The summed E-state index contributed by atoms with van der Waals surface area (Å²) < 4.78 is 2.15. The first-order valence-electron chi connectivity index (χ1n) is 11.9. The van der Waals surface area contributed by atoms with Crippen molar-refractivity contribution in [2.24, 2.45) is 13.0 Å². The molecule has 0 saturated carbocycles. The molecule has 1 aliphatic heterocycles. The zero-order valence-electron chi connectivity index (χ0n) is 20.3. The predicted molar refractivity (Wildman–Crippen MR) is 130 cm³/mol. The number of hydrogen-bond acceptors (Lipinski definition) is 4. The van der Waals surface area contributed by atoms with Gasteiger partial charge in [0.15, 0.2) is 0 Å². The van der Waals surface area contributed by atoms with Crippen LogP contribution in [0.5, 0.6) is 0 Å². The Kier molecular flexibility index (Phi) is 8.46. The average molecular weight is 449 g/mol. The number of amides is 1. The van der Waals surface area contributed by atoms with Gasteiger partial charge >= 0.3 is 0 Å². The fraction of sp³-hybridized carbons (Fsp3) is 0.519. The van der Waals surface area contributed by atoms with Gasteiger partial charge in [-0.3, -0.25) is 9.69 Å². The van der Waals surface area contributed by atoms with E-state index in [2.05, 4.69) is 54.5 Å². The number of nitriles is 1. The summed E-state index contributed by atoms with van der Waals surface area (Å²) in [6.45, 7) is 8.14. The largest absolute Gasteiger partial charge is 0.351 e. The van der Waals surface area contributed by atoms with E-state index >= 15 is 0 Å². The summed E-state index contributed by atoms with van der Waals surface area (Å²) in [5.74, 6) is 0.575. The van der Waals surface area contributed by atoms with E-state index in [1.165, 1.54) is 5.69 Å². The average Bonchev–Trinajstić information content (AvgIpc) is 3.24. The summed E-state index contributed by atoms with van der Waals surface area (Å²) in [5, 5.41) is 9.37. The molecule has 0 radical (unpaired) electrons. The monoisotopic (exact) mass is 448 g/mol. The number of carbonyl (C=O) groups is 2. The van der Waals surface area contributed by atoms with Gasteiger partial charge in [-0.15, -0.1) is 0 Å². The Morgan fingerprint density at radius 3 is 2.79 bits per heavy atom. The highest BCUT2D eigenvalue weighted by Gasteiger charge is 2.37. The lowest BCUT2D eigenvalue weighted by Gasteiger charge is -2.30. The van der Waals surface area contributed by atoms with E-state index in [-0.39, 0.29) is 18.0 Å². The number of aromatic nitrogens is 1. The van der Waals surface area contributed by atoms with E-state index in [9.17, 15) is 14.9 Å². The second-order valence-electron chi connectivity index (χ2n) is 9.63. The van der Waals surface area contributed by atoms with Crippen molar-refractivity contribution in [2.75, 3.05) is 13.1 Å². The van der Waals surface area contributed by atoms with E-state index in [4.69, 9.17) is 0 Å². The lowest BCUT2D eigenvalue weighted by molar-refractivity contribution is -0.133. The molecule has 2 atom stereocenters. The molecule has 0 bridgehead atoms. The maximum Gasteiger partial charge on any atom is 0.223 e. The smallest absolute Gasteiger partial charge is 0.223 e. The number of aryl methyl sites for hydroxylation is 1. The maximum atomic E-state index is 13.3. The molecule has 2 aliphatic rings. The molecule has 0 spiro atoms. The van der Waals surface area contributed by atoms with Crippen LogP contribution in [0.15, 0.2) is 47.6 Å². The molecule has 6 heteroatoms. The van der Waals surface area contributed by atoms with Crippen LogP contribution in [-0.4, -0.2) is 51.7 Å². The Morgan fingerprint density at radius 1 is 1.36 bits per heavy atom. The van der Waals surface area contributed by atoms with E-state index in [1.807, 2.05) is 30.2 Å². The third-order valence-electron chi connectivity index (χ3n) is 6.76. The summed E-state index contributed by atoms with van der Waals surface area (Å²) >= 11 is 0. The van der Waals surface area contributed by atoms with Crippen molar-refractivity contribution in [3.05, 3.63) is 59.0 Å². The number of aldehydes is 1. The molecule has 1 fully saturated rings. The fourth-order valence-electron chi connectivity index (χ4n) is 4.57. The zero-order valence-corrected chi connectivity index (χ0v) is 20.3. The van der Waals surface area contributed by atoms with E-state index in [1.54, 1.807) is 0 Å². The van der Waals surface area contributed by atoms with Crippen LogP contribution in [0.3, 0.4) is 0 Å². The van der Waals surface area contributed by atoms with Crippen LogP contribution in [0.4, 0.5) is 0 Å². The number of allylic oxidation sites excluding steroid dienone is 4. The van der Waals surface area contributed by atoms with Crippen molar-refractivity contribution in [1.29, 1.82) is 5.26 Å². The standard InChI is InChI=1S/C27H36N4O2/c1-20(2)9-12-27(33)31(16-23-8-6-5-7-22(13-23)15-28)25-14-26(19-32)30(18-25)17-24-11-10-21(3)29(24)4/h5,7-8,10-11,13,19-20,25-26H,6,9,12,14,16-18H2,1-4H3/t25-,26-/m0/s1. The normalized spacial score (nSPS) is 20.8. The van der Waals surface area contributed by atoms with Gasteiger partial charge in [-0.05, 0) is 62.0 Å². The molecule has 1 aromatic heterocycles. The highest BCUT2D eigenvalue weighted by molar-refractivity contribution is 5.77. The SMILES string of the molecule is Cc1ccc(CN2C[C@@H](N(CC3=CCC=CC(C#N)=C3)C(=O)CCC(C)C)C[C@H]2C=O)n1C. The van der Waals surface area contributed by atoms with E-state index in [0.717, 1.165) is 30.4 Å². The van der Waals surface area contributed by atoms with Crippen molar-refractivity contribution < 1.29 is 9.59 Å². The second kappa shape index (κ2) is 11.3. The first-order chi connectivity index (χ1) is 15.8. The maximum absolute atomic E-state index is 13.3. The van der Waals surface area contributed by atoms with Crippen molar-refractivity contribution >= 4 is 12.2 Å². The van der Waals surface area contributed by atoms with Crippen molar-refractivity contribution in [1.82, 2.24) is 14.4 Å². The van der Waals surface area contributed by atoms with Crippen LogP contribution >= 0.6 is 0 Å². The van der Waals surface area contributed by atoms with E-state index < -0.39 is 0 Å². The van der Waals surface area contributed by atoms with Gasteiger partial charge in [-0.1, -0.05) is 26.0 Å². The topological polar surface area (TPSA) is 69.3 Å². The number of rotatable bonds is 9. The lowest BCUT2D eigenvalue weighted by atomic mass is 10.0. The van der Waals surface area contributed by atoms with Gasteiger partial charge in [0.2, 0.25) is 5.91 Å². The number of nitrogens with zero attached hydrogens (tertiary/aromatic N) is 4. The Bertz CT molecular complexity index is 992. The van der Waals surface area contributed by atoms with Crippen molar-refractivity contribution in [3.8, 4) is 6.07 Å². The molecule has 176 valence electrons. The van der Waals surface area contributed by atoms with Crippen LogP contribution in [0, 0.1) is 24.2 Å². The van der Waals surface area contributed by atoms with Crippen molar-refractivity contribution in [2.45, 2.75) is 65.1 Å². The first kappa shape index (κ1) is 24.7. The van der Waals surface area contributed by atoms with Crippen molar-refractivity contribution in [3.63, 3.8) is 0 Å². The second-order valence-corrected chi connectivity index (χ2v) is 9.63. The molecule has 1 amide bonds. The highest BCUT2D eigenvalue weighted by atomic mass is 16.2. The Hall–Kier alpha value is -2.91. The third kappa shape index (κ3) is 6.33. The van der Waals surface area contributed by atoms with Crippen LogP contribution in [0.25, 0.3) is 0 Å². The minimum atomic E-state index is -0.208. The van der Waals surface area contributed by atoms with Crippen LogP contribution in [0.1, 0.15) is 50.9 Å². The van der Waals surface area contributed by atoms with Gasteiger partial charge < -0.3 is 14.3 Å². The molecule has 1 saturated heterocycles. The Labute approximate surface area is 197 Å². The molecular weight excluding hydrogens is 412 g/mol. The molecule has 0 unspecified atom stereocenters. The molecule has 3 rings (SSSR count). The summed E-state index contributed by atoms with van der Waals surface area (Å²) in [6.07, 6.45) is 11.5. The summed E-state index contributed by atoms with van der Waals surface area (Å²) in [7, 11) is 2.04. The number of hydrogen-bond donors (Lipinski definition) is 0. The van der Waals surface area contributed by atoms with Gasteiger partial charge in [-0.2, -0.15) is 5.26 Å². The predicted octanol–water partition coefficient (Wildman–Crippen LogP) is 4.08. The van der Waals surface area contributed by atoms with E-state index in [0.29, 0.717) is 44.0 Å². The van der Waals surface area contributed by atoms with Gasteiger partial charge in [0.1, 0.15) is 6.29 Å². The molecule has 6 nitrogen and oxygen atoms in total. The minimum absolute atomic E-state index is 0.0303. The third-order valence-corrected chi connectivity index (χ3v) is 6.76. The van der Waals surface area contributed by atoms with Gasteiger partial charge in [0, 0.05) is 50.5 Å². The van der Waals surface area contributed by atoms with Crippen LogP contribution in [0.2, 0.25) is 0 Å². The molecule has 33 heavy (non-hydrogen) atoms. The van der Waals surface area contributed by atoms with Gasteiger partial charge in [0.05, 0.1) is 17.7 Å². The van der Waals surface area contributed by atoms with Crippen LogP contribution < -0.4 is 0 Å². The minimum Gasteiger partial charge on any atom is -0.351 e. The molecule has 2 heterocycles. The fourth-order valence-corrected chi connectivity index (χ4v) is 4.57. The number of carbonyl (C=O) groups excluding carboxylic acids is 2. The summed E-state index contributed by atoms with van der Waals surface area (Å²) in [4.78, 5) is 29.4. The molecule has 0 aromatic carbocycles. The summed E-state index contributed by atoms with van der Waals surface area (Å²) in [5.41, 5.74) is 3.93. The molecule has 1 aromatic rings.